The van der Waals surface area contributed by atoms with Crippen molar-refractivity contribution in [1.82, 2.24) is 9.62 Å². The van der Waals surface area contributed by atoms with E-state index in [-0.39, 0.29) is 22.1 Å². The molecule has 0 aliphatic carbocycles. The zero-order valence-corrected chi connectivity index (χ0v) is 16.6. The van der Waals surface area contributed by atoms with E-state index in [2.05, 4.69) is 4.72 Å². The van der Waals surface area contributed by atoms with Gasteiger partial charge in [-0.1, -0.05) is 17.7 Å². The smallest absolute Gasteiger partial charge is 0.410 e. The molecule has 1 saturated heterocycles. The van der Waals surface area contributed by atoms with Crippen LogP contribution in [-0.4, -0.2) is 44.1 Å². The summed E-state index contributed by atoms with van der Waals surface area (Å²) in [5.41, 5.74) is 0.354. The highest BCUT2D eigenvalue weighted by Crippen LogP contribution is 2.24. The van der Waals surface area contributed by atoms with Crippen LogP contribution < -0.4 is 4.72 Å². The largest absolute Gasteiger partial charge is 0.444 e. The molecule has 6 nitrogen and oxygen atoms in total. The Labute approximate surface area is 154 Å². The van der Waals surface area contributed by atoms with Crippen molar-refractivity contribution in [3.05, 3.63) is 28.8 Å². The van der Waals surface area contributed by atoms with Crippen LogP contribution in [0.4, 0.5) is 4.79 Å². The molecule has 0 atom stereocenters. The van der Waals surface area contributed by atoms with Crippen molar-refractivity contribution in [2.24, 2.45) is 0 Å². The van der Waals surface area contributed by atoms with E-state index in [1.165, 1.54) is 6.07 Å². The standard InChI is InChI=1S/C17H25ClN2O4S/c1-12-5-6-15(14(18)11-12)25(22,23)19-13-7-9-20(10-8-13)16(21)24-17(2,3)4/h5-6,11,13,19H,7-10H2,1-4H3. The fourth-order valence-electron chi connectivity index (χ4n) is 2.61. The van der Waals surface area contributed by atoms with Gasteiger partial charge < -0.3 is 9.64 Å². The molecule has 1 aliphatic rings. The summed E-state index contributed by atoms with van der Waals surface area (Å²) in [5.74, 6) is 0. The highest BCUT2D eigenvalue weighted by molar-refractivity contribution is 7.89. The lowest BCUT2D eigenvalue weighted by atomic mass is 10.1. The molecule has 1 fully saturated rings. The molecule has 0 unspecified atom stereocenters. The van der Waals surface area contributed by atoms with Crippen LogP contribution in [0.2, 0.25) is 5.02 Å². The second kappa shape index (κ2) is 7.51. The fraction of sp³-hybridized carbons (Fsp3) is 0.588. The van der Waals surface area contributed by atoms with Crippen LogP contribution in [0.5, 0.6) is 0 Å². The zero-order valence-electron chi connectivity index (χ0n) is 15.0. The number of amides is 1. The minimum atomic E-state index is -3.69. The second-order valence-corrected chi connectivity index (χ2v) is 9.39. The molecule has 1 heterocycles. The molecule has 0 aromatic heterocycles. The van der Waals surface area contributed by atoms with E-state index < -0.39 is 15.6 Å². The minimum Gasteiger partial charge on any atom is -0.444 e. The molecule has 1 amide bonds. The number of piperidine rings is 1. The van der Waals surface area contributed by atoms with Gasteiger partial charge in [0.05, 0.1) is 5.02 Å². The maximum absolute atomic E-state index is 12.5. The monoisotopic (exact) mass is 388 g/mol. The van der Waals surface area contributed by atoms with Gasteiger partial charge in [-0.15, -0.1) is 0 Å². The summed E-state index contributed by atoms with van der Waals surface area (Å²) < 4.78 is 33.1. The van der Waals surface area contributed by atoms with Crippen molar-refractivity contribution < 1.29 is 17.9 Å². The maximum Gasteiger partial charge on any atom is 0.410 e. The van der Waals surface area contributed by atoms with E-state index in [1.807, 2.05) is 27.7 Å². The van der Waals surface area contributed by atoms with E-state index in [1.54, 1.807) is 17.0 Å². The number of hydrogen-bond acceptors (Lipinski definition) is 4. The summed E-state index contributed by atoms with van der Waals surface area (Å²) in [7, 11) is -3.69. The molecule has 1 aromatic carbocycles. The first-order chi connectivity index (χ1) is 11.5. The predicted molar refractivity (Wildman–Crippen MR) is 97.3 cm³/mol. The summed E-state index contributed by atoms with van der Waals surface area (Å²) in [6.07, 6.45) is 0.694. The number of rotatable bonds is 3. The summed E-state index contributed by atoms with van der Waals surface area (Å²) in [4.78, 5) is 13.7. The molecule has 1 aliphatic heterocycles. The molecule has 25 heavy (non-hydrogen) atoms. The number of halogens is 1. The summed E-state index contributed by atoms with van der Waals surface area (Å²) >= 11 is 6.07. The second-order valence-electron chi connectivity index (χ2n) is 7.30. The first-order valence-electron chi connectivity index (χ1n) is 8.24. The Morgan fingerprint density at radius 3 is 2.40 bits per heavy atom. The van der Waals surface area contributed by atoms with E-state index in [0.717, 1.165) is 5.56 Å². The number of nitrogens with zero attached hydrogens (tertiary/aromatic N) is 1. The first kappa shape index (κ1) is 20.0. The highest BCUT2D eigenvalue weighted by Gasteiger charge is 2.29. The average Bonchev–Trinajstić information content (AvgIpc) is 2.45. The number of likely N-dealkylation sites (tertiary alicyclic amines) is 1. The third kappa shape index (κ3) is 5.59. The number of carbonyl (C=O) groups excluding carboxylic acids is 1. The molecule has 0 bridgehead atoms. The topological polar surface area (TPSA) is 75.7 Å². The number of carbonyl (C=O) groups is 1. The van der Waals surface area contributed by atoms with Gasteiger partial charge in [-0.05, 0) is 58.2 Å². The van der Waals surface area contributed by atoms with E-state index in [0.29, 0.717) is 25.9 Å². The van der Waals surface area contributed by atoms with E-state index in [4.69, 9.17) is 16.3 Å². The third-order valence-corrected chi connectivity index (χ3v) is 5.85. The van der Waals surface area contributed by atoms with Crippen molar-refractivity contribution in [1.29, 1.82) is 0 Å². The van der Waals surface area contributed by atoms with Gasteiger partial charge in [0.25, 0.3) is 0 Å². The number of hydrogen-bond donors (Lipinski definition) is 1. The van der Waals surface area contributed by atoms with Gasteiger partial charge in [0.15, 0.2) is 0 Å². The average molecular weight is 389 g/mol. The predicted octanol–water partition coefficient (Wildman–Crippen LogP) is 3.33. The molecule has 1 N–H and O–H groups in total. The van der Waals surface area contributed by atoms with E-state index >= 15 is 0 Å². The van der Waals surface area contributed by atoms with Crippen molar-refractivity contribution in [3.8, 4) is 0 Å². The van der Waals surface area contributed by atoms with Crippen LogP contribution in [0.1, 0.15) is 39.2 Å². The lowest BCUT2D eigenvalue weighted by Gasteiger charge is -2.33. The Kier molecular flexibility index (Phi) is 6.01. The molecular formula is C17H25ClN2O4S. The van der Waals surface area contributed by atoms with Gasteiger partial charge in [-0.2, -0.15) is 0 Å². The van der Waals surface area contributed by atoms with Crippen LogP contribution in [0.3, 0.4) is 0 Å². The molecule has 140 valence electrons. The Hall–Kier alpha value is -1.31. The Morgan fingerprint density at radius 1 is 1.28 bits per heavy atom. The van der Waals surface area contributed by atoms with Gasteiger partial charge in [0, 0.05) is 19.1 Å². The molecule has 8 heteroatoms. The first-order valence-corrected chi connectivity index (χ1v) is 10.1. The van der Waals surface area contributed by atoms with Gasteiger partial charge in [0.1, 0.15) is 10.5 Å². The maximum atomic E-state index is 12.5. The molecular weight excluding hydrogens is 364 g/mol. The quantitative estimate of drug-likeness (QED) is 0.861. The zero-order chi connectivity index (χ0) is 18.8. The molecule has 0 radical (unpaired) electrons. The van der Waals surface area contributed by atoms with Crippen LogP contribution in [0, 0.1) is 6.92 Å². The lowest BCUT2D eigenvalue weighted by molar-refractivity contribution is 0.0203. The Bertz CT molecular complexity index is 736. The normalized spacial score (nSPS) is 16.8. The number of ether oxygens (including phenoxy) is 1. The number of sulfonamides is 1. The SMILES string of the molecule is Cc1ccc(S(=O)(=O)NC2CCN(C(=O)OC(C)(C)C)CC2)c(Cl)c1. The number of nitrogens with one attached hydrogen (secondary N) is 1. The van der Waals surface area contributed by atoms with Crippen LogP contribution >= 0.6 is 11.6 Å². The van der Waals surface area contributed by atoms with Gasteiger partial charge >= 0.3 is 6.09 Å². The fourth-order valence-corrected chi connectivity index (χ4v) is 4.52. The van der Waals surface area contributed by atoms with Crippen molar-refractivity contribution in [2.45, 2.75) is 57.1 Å². The summed E-state index contributed by atoms with van der Waals surface area (Å²) in [6, 6.07) is 4.61. The number of benzene rings is 1. The molecule has 0 spiro atoms. The van der Waals surface area contributed by atoms with Gasteiger partial charge in [0.2, 0.25) is 10.0 Å². The molecule has 2 rings (SSSR count). The summed E-state index contributed by atoms with van der Waals surface area (Å²) in [6.45, 7) is 8.20. The third-order valence-electron chi connectivity index (χ3n) is 3.85. The molecule has 1 aromatic rings. The molecule has 0 saturated carbocycles. The van der Waals surface area contributed by atoms with Gasteiger partial charge in [-0.25, -0.2) is 17.9 Å². The van der Waals surface area contributed by atoms with Crippen LogP contribution in [0.15, 0.2) is 23.1 Å². The number of aryl methyl sites for hydroxylation is 1. The van der Waals surface area contributed by atoms with Gasteiger partial charge in [-0.3, -0.25) is 0 Å². The minimum absolute atomic E-state index is 0.0781. The van der Waals surface area contributed by atoms with Crippen molar-refractivity contribution >= 4 is 27.7 Å². The van der Waals surface area contributed by atoms with Crippen LogP contribution in [0.25, 0.3) is 0 Å². The highest BCUT2D eigenvalue weighted by atomic mass is 35.5. The van der Waals surface area contributed by atoms with Crippen LogP contribution in [-0.2, 0) is 14.8 Å². The van der Waals surface area contributed by atoms with Crippen molar-refractivity contribution in [2.75, 3.05) is 13.1 Å². The lowest BCUT2D eigenvalue weighted by Crippen LogP contribution is -2.47. The van der Waals surface area contributed by atoms with E-state index in [9.17, 15) is 13.2 Å². The summed E-state index contributed by atoms with van der Waals surface area (Å²) in [5, 5.41) is 0.207. The Morgan fingerprint density at radius 2 is 1.88 bits per heavy atom. The van der Waals surface area contributed by atoms with Crippen molar-refractivity contribution in [3.63, 3.8) is 0 Å². The Balaban J connectivity index is 1.96.